The van der Waals surface area contributed by atoms with Gasteiger partial charge in [0.2, 0.25) is 0 Å². The van der Waals surface area contributed by atoms with Gasteiger partial charge in [-0.15, -0.1) is 24.0 Å². The summed E-state index contributed by atoms with van der Waals surface area (Å²) < 4.78 is 1.12. The first kappa shape index (κ1) is 29.9. The highest BCUT2D eigenvalue weighted by Crippen LogP contribution is 2.15. The second-order valence-electron chi connectivity index (χ2n) is 9.46. The minimum absolute atomic E-state index is 0. The zero-order valence-corrected chi connectivity index (χ0v) is 22.5. The molecule has 0 N–H and O–H groups in total. The van der Waals surface area contributed by atoms with Crippen LogP contribution in [0.1, 0.15) is 116 Å². The first-order chi connectivity index (χ1) is 14.2. The Kier molecular flexibility index (Phi) is 20.7. The number of unbranched alkanes of at least 4 members (excludes halogenated alkanes) is 11. The minimum Gasteiger partial charge on any atom is -0.862 e. The fourth-order valence-corrected chi connectivity index (χ4v) is 4.34. The average molecular weight is 535 g/mol. The molecule has 0 spiro atoms. The number of halogens is 1. The number of piperidine rings is 1. The van der Waals surface area contributed by atoms with Gasteiger partial charge in [0.25, 0.3) is 0 Å². The van der Waals surface area contributed by atoms with Crippen molar-refractivity contribution in [2.75, 3.05) is 33.2 Å². The van der Waals surface area contributed by atoms with Crippen molar-refractivity contribution in [2.45, 2.75) is 116 Å². The standard InChI is InChI=1S/C26H50N2O.HI/c1-3-4-5-6-7-8-9-10-11-12-13-14-15-16-18-21-26(29)27-22-25-28(2)23-19-17-20-24-28;/h10-11H,3-9,12-25H2,1-2H3;1H/b11-10+;. The van der Waals surface area contributed by atoms with Gasteiger partial charge in [-0.25, -0.2) is 0 Å². The lowest BCUT2D eigenvalue weighted by molar-refractivity contribution is -0.912. The first-order valence-corrected chi connectivity index (χ1v) is 12.9. The van der Waals surface area contributed by atoms with Gasteiger partial charge >= 0.3 is 0 Å². The van der Waals surface area contributed by atoms with E-state index in [-0.39, 0.29) is 29.9 Å². The number of nitrogens with zero attached hydrogens (tertiary/aromatic N) is 2. The smallest absolute Gasteiger partial charge is 0.0982 e. The predicted molar refractivity (Wildman–Crippen MR) is 142 cm³/mol. The molecule has 0 bridgehead atoms. The molecule has 1 saturated heterocycles. The van der Waals surface area contributed by atoms with Gasteiger partial charge < -0.3 is 9.59 Å². The summed E-state index contributed by atoms with van der Waals surface area (Å²) >= 11 is 0. The van der Waals surface area contributed by atoms with Crippen LogP contribution in [0.5, 0.6) is 0 Å². The van der Waals surface area contributed by atoms with Crippen molar-refractivity contribution in [1.29, 1.82) is 0 Å². The normalized spacial score (nSPS) is 16.7. The Balaban J connectivity index is 0.00000841. The molecule has 1 fully saturated rings. The number of likely N-dealkylation sites (tertiary alicyclic amines) is 1. The van der Waals surface area contributed by atoms with E-state index in [0.717, 1.165) is 24.0 Å². The average Bonchev–Trinajstić information content (AvgIpc) is 2.71. The Morgan fingerprint density at radius 3 is 1.93 bits per heavy atom. The molecule has 3 nitrogen and oxygen atoms in total. The number of quaternary nitrogens is 1. The summed E-state index contributed by atoms with van der Waals surface area (Å²) in [5.74, 6) is 0.131. The highest BCUT2D eigenvalue weighted by Gasteiger charge is 2.23. The molecule has 30 heavy (non-hydrogen) atoms. The summed E-state index contributed by atoms with van der Waals surface area (Å²) in [5, 5.41) is 11.9. The van der Waals surface area contributed by atoms with Crippen molar-refractivity contribution < 1.29 is 9.59 Å². The van der Waals surface area contributed by atoms with Gasteiger partial charge in [-0.1, -0.05) is 70.4 Å². The highest BCUT2D eigenvalue weighted by atomic mass is 127. The van der Waals surface area contributed by atoms with Crippen LogP contribution < -0.4 is 5.11 Å². The Morgan fingerprint density at radius 1 is 0.800 bits per heavy atom. The molecular weight excluding hydrogens is 483 g/mol. The summed E-state index contributed by atoms with van der Waals surface area (Å²) in [5.41, 5.74) is 0. The highest BCUT2D eigenvalue weighted by molar-refractivity contribution is 14.0. The summed E-state index contributed by atoms with van der Waals surface area (Å²) in [6.45, 7) is 6.56. The van der Waals surface area contributed by atoms with Crippen LogP contribution in [-0.4, -0.2) is 43.6 Å². The fourth-order valence-electron chi connectivity index (χ4n) is 4.34. The molecule has 0 atom stereocenters. The van der Waals surface area contributed by atoms with Gasteiger partial charge in [0.05, 0.1) is 33.2 Å². The number of aliphatic imine (C=N–C) groups is 1. The van der Waals surface area contributed by atoms with Gasteiger partial charge in [-0.05, 0) is 63.7 Å². The van der Waals surface area contributed by atoms with Crippen LogP contribution >= 0.6 is 24.0 Å². The fraction of sp³-hybridized carbons (Fsp3) is 0.885. The molecular formula is C26H51IN2O. The maximum absolute atomic E-state index is 11.9. The molecule has 0 aromatic heterocycles. The van der Waals surface area contributed by atoms with E-state index in [1.165, 1.54) is 109 Å². The Morgan fingerprint density at radius 2 is 1.33 bits per heavy atom. The maximum atomic E-state index is 11.9. The van der Waals surface area contributed by atoms with Crippen molar-refractivity contribution in [3.8, 4) is 0 Å². The molecule has 0 aromatic rings. The van der Waals surface area contributed by atoms with E-state index in [0.29, 0.717) is 6.42 Å². The zero-order valence-electron chi connectivity index (χ0n) is 20.2. The molecule has 1 heterocycles. The molecule has 178 valence electrons. The van der Waals surface area contributed by atoms with Crippen molar-refractivity contribution in [1.82, 2.24) is 0 Å². The third-order valence-corrected chi connectivity index (χ3v) is 6.48. The lowest BCUT2D eigenvalue weighted by atomic mass is 10.1. The summed E-state index contributed by atoms with van der Waals surface area (Å²) in [6, 6.07) is 0. The Labute approximate surface area is 205 Å². The largest absolute Gasteiger partial charge is 0.862 e. The van der Waals surface area contributed by atoms with Crippen LogP contribution in [0, 0.1) is 0 Å². The van der Waals surface area contributed by atoms with Crippen LogP contribution in [0.15, 0.2) is 17.1 Å². The maximum Gasteiger partial charge on any atom is 0.0982 e. The van der Waals surface area contributed by atoms with Crippen LogP contribution in [0.3, 0.4) is 0 Å². The summed E-state index contributed by atoms with van der Waals surface area (Å²) in [7, 11) is 2.32. The first-order valence-electron chi connectivity index (χ1n) is 12.9. The predicted octanol–water partition coefficient (Wildman–Crippen LogP) is 7.03. The molecule has 1 rings (SSSR count). The molecule has 0 saturated carbocycles. The van der Waals surface area contributed by atoms with E-state index in [4.69, 9.17) is 0 Å². The molecule has 1 aliphatic heterocycles. The number of rotatable bonds is 18. The van der Waals surface area contributed by atoms with E-state index in [1.54, 1.807) is 0 Å². The van der Waals surface area contributed by atoms with E-state index in [9.17, 15) is 5.11 Å². The molecule has 0 unspecified atom stereocenters. The second kappa shape index (κ2) is 20.8. The monoisotopic (exact) mass is 534 g/mol. The summed E-state index contributed by atoms with van der Waals surface area (Å²) in [6.07, 6.45) is 26.3. The van der Waals surface area contributed by atoms with E-state index in [2.05, 4.69) is 31.1 Å². The summed E-state index contributed by atoms with van der Waals surface area (Å²) in [4.78, 5) is 4.30. The van der Waals surface area contributed by atoms with Crippen LogP contribution in [0.25, 0.3) is 0 Å². The Hall–Kier alpha value is -0.100. The number of hydrogen-bond acceptors (Lipinski definition) is 2. The molecule has 0 amide bonds. The van der Waals surface area contributed by atoms with Crippen LogP contribution in [-0.2, 0) is 0 Å². The molecule has 1 aliphatic rings. The van der Waals surface area contributed by atoms with Gasteiger partial charge in [0.1, 0.15) is 0 Å². The lowest BCUT2D eigenvalue weighted by Gasteiger charge is -2.37. The quantitative estimate of drug-likeness (QED) is 0.0464. The molecule has 0 aromatic carbocycles. The van der Waals surface area contributed by atoms with E-state index in [1.807, 2.05) is 0 Å². The van der Waals surface area contributed by atoms with E-state index >= 15 is 0 Å². The number of likely N-dealkylation sites (N-methyl/N-ethyl adjacent to an activating group) is 1. The lowest BCUT2D eigenvalue weighted by Crippen LogP contribution is -2.49. The second-order valence-corrected chi connectivity index (χ2v) is 9.46. The molecule has 4 heteroatoms. The number of allylic oxidation sites excluding steroid dienone is 2. The van der Waals surface area contributed by atoms with Crippen molar-refractivity contribution in [2.24, 2.45) is 4.99 Å². The van der Waals surface area contributed by atoms with Gasteiger partial charge in [-0.2, -0.15) is 0 Å². The topological polar surface area (TPSA) is 35.4 Å². The van der Waals surface area contributed by atoms with Crippen LogP contribution in [0.4, 0.5) is 0 Å². The van der Waals surface area contributed by atoms with Gasteiger partial charge in [0.15, 0.2) is 0 Å². The third-order valence-electron chi connectivity index (χ3n) is 6.48. The molecule has 0 aliphatic carbocycles. The third kappa shape index (κ3) is 17.6. The van der Waals surface area contributed by atoms with Crippen molar-refractivity contribution in [3.63, 3.8) is 0 Å². The van der Waals surface area contributed by atoms with Crippen LogP contribution in [0.2, 0.25) is 0 Å². The van der Waals surface area contributed by atoms with Gasteiger partial charge in [-0.3, -0.25) is 4.99 Å². The van der Waals surface area contributed by atoms with Crippen molar-refractivity contribution in [3.05, 3.63) is 12.2 Å². The van der Waals surface area contributed by atoms with Crippen molar-refractivity contribution >= 4 is 29.9 Å². The Bertz CT molecular complexity index is 431. The zero-order chi connectivity index (χ0) is 21.0. The molecule has 0 radical (unpaired) electrons. The minimum atomic E-state index is 0. The number of hydrogen-bond donors (Lipinski definition) is 0. The van der Waals surface area contributed by atoms with E-state index < -0.39 is 0 Å². The SMILES string of the molecule is CCCCCCCC/C=C/CCCCCCCC([O-])=NCC[N+]1(C)CCCCC1.I. The van der Waals surface area contributed by atoms with Gasteiger partial charge in [0, 0.05) is 0 Å².